The molecule has 2 aromatic heterocycles. The van der Waals surface area contributed by atoms with Gasteiger partial charge in [-0.3, -0.25) is 4.98 Å². The third kappa shape index (κ3) is 2.51. The zero-order valence-corrected chi connectivity index (χ0v) is 10.7. The van der Waals surface area contributed by atoms with E-state index in [-0.39, 0.29) is 0 Å². The predicted molar refractivity (Wildman–Crippen MR) is 74.7 cm³/mol. The molecule has 2 heterocycles. The monoisotopic (exact) mass is 267 g/mol. The first-order valence-corrected chi connectivity index (χ1v) is 6.33. The molecule has 5 nitrogen and oxygen atoms in total. The second kappa shape index (κ2) is 5.13. The molecule has 20 heavy (non-hydrogen) atoms. The average Bonchev–Trinajstić information content (AvgIpc) is 2.88. The van der Waals surface area contributed by atoms with E-state index in [1.54, 1.807) is 24.5 Å². The quantitative estimate of drug-likeness (QED) is 0.761. The number of aromatic nitrogens is 3. The minimum Gasteiger partial charge on any atom is -0.478 e. The minimum absolute atomic E-state index is 0.309. The van der Waals surface area contributed by atoms with Gasteiger partial charge in [0.25, 0.3) is 0 Å². The lowest BCUT2D eigenvalue weighted by Crippen LogP contribution is -1.97. The Morgan fingerprint density at radius 1 is 1.15 bits per heavy atom. The summed E-state index contributed by atoms with van der Waals surface area (Å²) in [5.41, 5.74) is 3.25. The van der Waals surface area contributed by atoms with Crippen LogP contribution in [0.1, 0.15) is 21.7 Å². The molecular formula is C15H13N3O2. The van der Waals surface area contributed by atoms with Crippen LogP contribution in [0.2, 0.25) is 0 Å². The van der Waals surface area contributed by atoms with E-state index in [1.165, 1.54) is 0 Å². The fourth-order valence-electron chi connectivity index (χ4n) is 2.10. The molecule has 0 saturated heterocycles. The maximum absolute atomic E-state index is 10.8. The van der Waals surface area contributed by atoms with Crippen LogP contribution in [0.15, 0.2) is 42.7 Å². The minimum atomic E-state index is -0.902. The maximum atomic E-state index is 10.8. The van der Waals surface area contributed by atoms with E-state index in [1.807, 2.05) is 18.2 Å². The van der Waals surface area contributed by atoms with Crippen molar-refractivity contribution in [3.8, 4) is 0 Å². The zero-order valence-electron chi connectivity index (χ0n) is 10.7. The Labute approximate surface area is 115 Å². The highest BCUT2D eigenvalue weighted by molar-refractivity contribution is 5.87. The lowest BCUT2D eigenvalue weighted by Gasteiger charge is -2.00. The first kappa shape index (κ1) is 12.3. The van der Waals surface area contributed by atoms with Crippen LogP contribution in [-0.2, 0) is 12.8 Å². The molecule has 3 rings (SSSR count). The molecule has 0 bridgehead atoms. The molecule has 1 aromatic carbocycles. The number of benzene rings is 1. The third-order valence-corrected chi connectivity index (χ3v) is 3.18. The number of hydrogen-bond acceptors (Lipinski definition) is 3. The summed E-state index contributed by atoms with van der Waals surface area (Å²) in [6, 6.07) is 8.80. The summed E-state index contributed by atoms with van der Waals surface area (Å²) in [4.78, 5) is 22.5. The fourth-order valence-corrected chi connectivity index (χ4v) is 2.10. The molecule has 0 spiro atoms. The Morgan fingerprint density at radius 3 is 2.65 bits per heavy atom. The number of nitrogens with zero attached hydrogens (tertiary/aromatic N) is 2. The Morgan fingerprint density at radius 2 is 1.95 bits per heavy atom. The Hall–Kier alpha value is -2.69. The van der Waals surface area contributed by atoms with Gasteiger partial charge in [0.15, 0.2) is 0 Å². The van der Waals surface area contributed by atoms with Crippen molar-refractivity contribution < 1.29 is 9.90 Å². The molecule has 0 fully saturated rings. The average molecular weight is 267 g/mol. The summed E-state index contributed by atoms with van der Waals surface area (Å²) >= 11 is 0. The standard InChI is InChI=1S/C15H13N3O2/c19-15(20)11-4-1-10(2-5-11)3-6-14-17-12-7-8-16-9-13(12)18-14/h1-2,4-5,7-9H,3,6H2,(H,17,18)(H,19,20). The van der Waals surface area contributed by atoms with Crippen molar-refractivity contribution in [3.05, 3.63) is 59.7 Å². The molecule has 0 unspecified atom stereocenters. The number of carbonyl (C=O) groups is 1. The van der Waals surface area contributed by atoms with Crippen molar-refractivity contribution in [2.24, 2.45) is 0 Å². The molecule has 0 atom stereocenters. The lowest BCUT2D eigenvalue weighted by molar-refractivity contribution is 0.0697. The number of aryl methyl sites for hydroxylation is 2. The van der Waals surface area contributed by atoms with Crippen molar-refractivity contribution in [3.63, 3.8) is 0 Å². The highest BCUT2D eigenvalue weighted by atomic mass is 16.4. The molecule has 0 aliphatic carbocycles. The number of carboxylic acids is 1. The normalized spacial score (nSPS) is 10.8. The highest BCUT2D eigenvalue weighted by Gasteiger charge is 2.04. The Bertz CT molecular complexity index is 714. The molecule has 3 aromatic rings. The summed E-state index contributed by atoms with van der Waals surface area (Å²) in [7, 11) is 0. The van der Waals surface area contributed by atoms with Gasteiger partial charge >= 0.3 is 5.97 Å². The summed E-state index contributed by atoms with van der Waals surface area (Å²) in [6.45, 7) is 0. The molecule has 0 amide bonds. The first-order valence-electron chi connectivity index (χ1n) is 6.33. The number of rotatable bonds is 4. The van der Waals surface area contributed by atoms with Crippen LogP contribution in [0.4, 0.5) is 0 Å². The van der Waals surface area contributed by atoms with E-state index < -0.39 is 5.97 Å². The van der Waals surface area contributed by atoms with Gasteiger partial charge in [0.1, 0.15) is 5.82 Å². The number of aromatic amines is 1. The number of hydrogen-bond donors (Lipinski definition) is 2. The molecular weight excluding hydrogens is 254 g/mol. The van der Waals surface area contributed by atoms with Gasteiger partial charge in [-0.15, -0.1) is 0 Å². The molecule has 100 valence electrons. The van der Waals surface area contributed by atoms with Gasteiger partial charge < -0.3 is 10.1 Å². The predicted octanol–water partition coefficient (Wildman–Crippen LogP) is 2.44. The number of imidazole rings is 1. The van der Waals surface area contributed by atoms with Crippen LogP contribution in [0, 0.1) is 0 Å². The van der Waals surface area contributed by atoms with Gasteiger partial charge in [0.2, 0.25) is 0 Å². The molecule has 0 aliphatic rings. The summed E-state index contributed by atoms with van der Waals surface area (Å²) < 4.78 is 0. The SMILES string of the molecule is O=C(O)c1ccc(CCc2nc3ccncc3[nH]2)cc1. The fraction of sp³-hybridized carbons (Fsp3) is 0.133. The molecule has 0 aliphatic heterocycles. The van der Waals surface area contributed by atoms with E-state index in [9.17, 15) is 4.79 Å². The van der Waals surface area contributed by atoms with Crippen molar-refractivity contribution in [2.75, 3.05) is 0 Å². The second-order valence-corrected chi connectivity index (χ2v) is 4.58. The summed E-state index contributed by atoms with van der Waals surface area (Å²) in [5, 5.41) is 8.84. The van der Waals surface area contributed by atoms with Crippen LogP contribution in [0.25, 0.3) is 11.0 Å². The van der Waals surface area contributed by atoms with Crippen LogP contribution >= 0.6 is 0 Å². The van der Waals surface area contributed by atoms with Crippen LogP contribution in [0.5, 0.6) is 0 Å². The van der Waals surface area contributed by atoms with E-state index in [0.29, 0.717) is 5.56 Å². The van der Waals surface area contributed by atoms with Gasteiger partial charge in [-0.05, 0) is 30.2 Å². The van der Waals surface area contributed by atoms with Crippen molar-refractivity contribution in [1.29, 1.82) is 0 Å². The first-order chi connectivity index (χ1) is 9.72. The van der Waals surface area contributed by atoms with E-state index >= 15 is 0 Å². The van der Waals surface area contributed by atoms with Gasteiger partial charge in [0.05, 0.1) is 22.8 Å². The Balaban J connectivity index is 1.71. The molecule has 2 N–H and O–H groups in total. The molecule has 0 radical (unpaired) electrons. The number of nitrogens with one attached hydrogen (secondary N) is 1. The molecule has 0 saturated carbocycles. The number of H-pyrrole nitrogens is 1. The maximum Gasteiger partial charge on any atom is 0.335 e. The topological polar surface area (TPSA) is 78.9 Å². The zero-order chi connectivity index (χ0) is 13.9. The Kier molecular flexibility index (Phi) is 3.16. The van der Waals surface area contributed by atoms with Crippen molar-refractivity contribution >= 4 is 17.0 Å². The largest absolute Gasteiger partial charge is 0.478 e. The van der Waals surface area contributed by atoms with Gasteiger partial charge in [0, 0.05) is 12.6 Å². The number of pyridine rings is 1. The van der Waals surface area contributed by atoms with Gasteiger partial charge in [-0.2, -0.15) is 0 Å². The molecule has 5 heteroatoms. The van der Waals surface area contributed by atoms with Crippen molar-refractivity contribution in [2.45, 2.75) is 12.8 Å². The smallest absolute Gasteiger partial charge is 0.335 e. The number of fused-ring (bicyclic) bond motifs is 1. The van der Waals surface area contributed by atoms with E-state index in [2.05, 4.69) is 15.0 Å². The third-order valence-electron chi connectivity index (χ3n) is 3.18. The lowest BCUT2D eigenvalue weighted by atomic mass is 10.1. The summed E-state index contributed by atoms with van der Waals surface area (Å²) in [6.07, 6.45) is 5.07. The second-order valence-electron chi connectivity index (χ2n) is 4.58. The van der Waals surface area contributed by atoms with E-state index in [4.69, 9.17) is 5.11 Å². The van der Waals surface area contributed by atoms with Crippen LogP contribution in [0.3, 0.4) is 0 Å². The van der Waals surface area contributed by atoms with E-state index in [0.717, 1.165) is 35.3 Å². The highest BCUT2D eigenvalue weighted by Crippen LogP contribution is 2.12. The van der Waals surface area contributed by atoms with Gasteiger partial charge in [-0.25, -0.2) is 9.78 Å². The van der Waals surface area contributed by atoms with Gasteiger partial charge in [-0.1, -0.05) is 12.1 Å². The number of carboxylic acid groups (broad SMARTS) is 1. The summed E-state index contributed by atoms with van der Waals surface area (Å²) in [5.74, 6) is 0.0108. The van der Waals surface area contributed by atoms with Crippen LogP contribution < -0.4 is 0 Å². The number of aromatic carboxylic acids is 1. The van der Waals surface area contributed by atoms with Crippen molar-refractivity contribution in [1.82, 2.24) is 15.0 Å². The van der Waals surface area contributed by atoms with Crippen LogP contribution in [-0.4, -0.2) is 26.0 Å².